The van der Waals surface area contributed by atoms with E-state index in [0.717, 1.165) is 37.7 Å². The van der Waals surface area contributed by atoms with Gasteiger partial charge in [0.1, 0.15) is 0 Å². The number of aryl methyl sites for hydroxylation is 1. The number of allylic oxidation sites excluding steroid dienone is 2. The summed E-state index contributed by atoms with van der Waals surface area (Å²) < 4.78 is 1.70. The first kappa shape index (κ1) is 15.8. The van der Waals surface area contributed by atoms with Gasteiger partial charge in [-0.3, -0.25) is 4.79 Å². The molecule has 0 unspecified atom stereocenters. The Morgan fingerprint density at radius 3 is 2.95 bits per heavy atom. The van der Waals surface area contributed by atoms with Crippen molar-refractivity contribution >= 4 is 5.97 Å². The summed E-state index contributed by atoms with van der Waals surface area (Å²) in [5.41, 5.74) is 1.24. The Morgan fingerprint density at radius 1 is 1.32 bits per heavy atom. The minimum Gasteiger partial charge on any atom is -0.478 e. The molecule has 4 heteroatoms. The number of hydrogen-bond donors (Lipinski definition) is 1. The maximum atomic E-state index is 11.5. The van der Waals surface area contributed by atoms with Gasteiger partial charge in [-0.1, -0.05) is 24.0 Å². The zero-order valence-corrected chi connectivity index (χ0v) is 12.4. The molecule has 2 rings (SSSR count). The van der Waals surface area contributed by atoms with E-state index in [4.69, 9.17) is 5.11 Å². The van der Waals surface area contributed by atoms with E-state index in [9.17, 15) is 9.59 Å². The molecule has 114 valence electrons. The monoisotopic (exact) mass is 297 g/mol. The van der Waals surface area contributed by atoms with Crippen LogP contribution < -0.4 is 5.56 Å². The zero-order valence-electron chi connectivity index (χ0n) is 12.4. The van der Waals surface area contributed by atoms with Gasteiger partial charge in [-0.15, -0.1) is 0 Å². The molecule has 4 nitrogen and oxygen atoms in total. The van der Waals surface area contributed by atoms with Crippen molar-refractivity contribution in [2.24, 2.45) is 0 Å². The highest BCUT2D eigenvalue weighted by atomic mass is 16.4. The molecular formula is C18H19NO3. The van der Waals surface area contributed by atoms with Crippen LogP contribution in [0.1, 0.15) is 32.1 Å². The second kappa shape index (κ2) is 8.04. The summed E-state index contributed by atoms with van der Waals surface area (Å²) in [7, 11) is 0. The Morgan fingerprint density at radius 2 is 2.18 bits per heavy atom. The molecule has 1 N–H and O–H groups in total. The number of carbonyl (C=O) groups is 1. The van der Waals surface area contributed by atoms with Gasteiger partial charge in [0.2, 0.25) is 5.56 Å². The van der Waals surface area contributed by atoms with Crippen LogP contribution in [0.15, 0.2) is 52.5 Å². The Bertz CT molecular complexity index is 714. The van der Waals surface area contributed by atoms with Gasteiger partial charge >= 0.3 is 5.97 Å². The van der Waals surface area contributed by atoms with Crippen molar-refractivity contribution in [3.63, 3.8) is 0 Å². The Labute approximate surface area is 129 Å². The average molecular weight is 297 g/mol. The molecule has 0 aliphatic heterocycles. The molecule has 0 amide bonds. The van der Waals surface area contributed by atoms with Crippen LogP contribution in [0.25, 0.3) is 0 Å². The van der Waals surface area contributed by atoms with Crippen molar-refractivity contribution in [2.75, 3.05) is 0 Å². The van der Waals surface area contributed by atoms with Crippen molar-refractivity contribution in [3.05, 3.63) is 58.0 Å². The molecular weight excluding hydrogens is 278 g/mol. The smallest absolute Gasteiger partial charge is 0.335 e. The first-order chi connectivity index (χ1) is 10.7. The molecule has 1 heterocycles. The number of carboxylic acid groups (broad SMARTS) is 1. The lowest BCUT2D eigenvalue weighted by molar-refractivity contribution is -0.132. The molecule has 1 aliphatic rings. The highest BCUT2D eigenvalue weighted by Crippen LogP contribution is 2.16. The summed E-state index contributed by atoms with van der Waals surface area (Å²) in [5, 5.41) is 8.94. The quantitative estimate of drug-likeness (QED) is 0.671. The maximum absolute atomic E-state index is 11.5. The SMILES string of the molecule is O=C(O)C1=CCCC(C#CCCCCn2ccccc2=O)=C1. The zero-order chi connectivity index (χ0) is 15.8. The third-order valence-electron chi connectivity index (χ3n) is 3.45. The Kier molecular flexibility index (Phi) is 5.79. The van der Waals surface area contributed by atoms with Crippen molar-refractivity contribution < 1.29 is 9.90 Å². The number of nitrogens with zero attached hydrogens (tertiary/aromatic N) is 1. The Hall–Kier alpha value is -2.54. The van der Waals surface area contributed by atoms with Crippen LogP contribution in [0.5, 0.6) is 0 Å². The third kappa shape index (κ3) is 4.78. The molecule has 0 saturated carbocycles. The lowest BCUT2D eigenvalue weighted by Gasteiger charge is -2.05. The number of aliphatic carboxylic acids is 1. The molecule has 0 atom stereocenters. The van der Waals surface area contributed by atoms with E-state index in [1.54, 1.807) is 35.0 Å². The molecule has 0 radical (unpaired) electrons. The van der Waals surface area contributed by atoms with Gasteiger partial charge in [0.05, 0.1) is 5.57 Å². The summed E-state index contributed by atoms with van der Waals surface area (Å²) in [6.07, 6.45) is 9.29. The molecule has 0 bridgehead atoms. The maximum Gasteiger partial charge on any atom is 0.335 e. The van der Waals surface area contributed by atoms with Crippen LogP contribution in [-0.2, 0) is 11.3 Å². The topological polar surface area (TPSA) is 59.3 Å². The molecule has 0 aromatic carbocycles. The number of unbranched alkanes of at least 4 members (excludes halogenated alkanes) is 2. The number of rotatable bonds is 5. The van der Waals surface area contributed by atoms with Gasteiger partial charge in [0.25, 0.3) is 0 Å². The van der Waals surface area contributed by atoms with E-state index in [2.05, 4.69) is 11.8 Å². The fourth-order valence-corrected chi connectivity index (χ4v) is 2.27. The van der Waals surface area contributed by atoms with Crippen LogP contribution in [0.4, 0.5) is 0 Å². The minimum absolute atomic E-state index is 0.0222. The predicted octanol–water partition coefficient (Wildman–Crippen LogP) is 2.75. The summed E-state index contributed by atoms with van der Waals surface area (Å²) in [6.45, 7) is 0.704. The number of carboxylic acids is 1. The van der Waals surface area contributed by atoms with Crippen LogP contribution in [0.2, 0.25) is 0 Å². The van der Waals surface area contributed by atoms with E-state index in [-0.39, 0.29) is 5.56 Å². The molecule has 1 aliphatic carbocycles. The largest absolute Gasteiger partial charge is 0.478 e. The summed E-state index contributed by atoms with van der Waals surface area (Å²) >= 11 is 0. The minimum atomic E-state index is -0.896. The summed E-state index contributed by atoms with van der Waals surface area (Å²) in [6, 6.07) is 5.15. The van der Waals surface area contributed by atoms with Gasteiger partial charge in [0.15, 0.2) is 0 Å². The second-order valence-electron chi connectivity index (χ2n) is 5.16. The van der Waals surface area contributed by atoms with Crippen LogP contribution in [-0.4, -0.2) is 15.6 Å². The highest BCUT2D eigenvalue weighted by molar-refractivity contribution is 5.90. The Balaban J connectivity index is 1.76. The van der Waals surface area contributed by atoms with Gasteiger partial charge in [-0.2, -0.15) is 0 Å². The standard InChI is InChI=1S/C18H19NO3/c20-17-11-4-6-13-19(17)12-5-2-1-3-8-15-9-7-10-16(14-15)18(21)22/h4,6,10-11,13-14H,1-2,5,7,9,12H2,(H,21,22). The third-order valence-corrected chi connectivity index (χ3v) is 3.45. The number of hydrogen-bond acceptors (Lipinski definition) is 2. The first-order valence-electron chi connectivity index (χ1n) is 7.45. The average Bonchev–Trinajstić information content (AvgIpc) is 2.52. The van der Waals surface area contributed by atoms with Crippen molar-refractivity contribution in [1.82, 2.24) is 4.57 Å². The lowest BCUT2D eigenvalue weighted by atomic mass is 10.00. The highest BCUT2D eigenvalue weighted by Gasteiger charge is 2.09. The van der Waals surface area contributed by atoms with Crippen molar-refractivity contribution in [3.8, 4) is 11.8 Å². The normalized spacial score (nSPS) is 13.6. The van der Waals surface area contributed by atoms with E-state index in [0.29, 0.717) is 12.1 Å². The number of pyridine rings is 1. The van der Waals surface area contributed by atoms with E-state index in [1.807, 2.05) is 6.07 Å². The van der Waals surface area contributed by atoms with Crippen molar-refractivity contribution in [1.29, 1.82) is 0 Å². The van der Waals surface area contributed by atoms with Crippen LogP contribution >= 0.6 is 0 Å². The van der Waals surface area contributed by atoms with Crippen LogP contribution in [0, 0.1) is 11.8 Å². The van der Waals surface area contributed by atoms with E-state index in [1.165, 1.54) is 0 Å². The first-order valence-corrected chi connectivity index (χ1v) is 7.45. The second-order valence-corrected chi connectivity index (χ2v) is 5.16. The van der Waals surface area contributed by atoms with Crippen LogP contribution in [0.3, 0.4) is 0 Å². The molecule has 0 fully saturated rings. The van der Waals surface area contributed by atoms with Gasteiger partial charge < -0.3 is 9.67 Å². The van der Waals surface area contributed by atoms with Gasteiger partial charge in [0, 0.05) is 30.8 Å². The molecule has 22 heavy (non-hydrogen) atoms. The number of aromatic nitrogens is 1. The molecule has 0 spiro atoms. The fraction of sp³-hybridized carbons (Fsp3) is 0.333. The predicted molar refractivity (Wildman–Crippen MR) is 85.4 cm³/mol. The lowest BCUT2D eigenvalue weighted by Crippen LogP contribution is -2.17. The van der Waals surface area contributed by atoms with Crippen molar-refractivity contribution in [2.45, 2.75) is 38.6 Å². The van der Waals surface area contributed by atoms with Gasteiger partial charge in [-0.05, 0) is 37.8 Å². The summed E-state index contributed by atoms with van der Waals surface area (Å²) in [5.74, 6) is 5.25. The molecule has 1 aromatic heterocycles. The van der Waals surface area contributed by atoms with Gasteiger partial charge in [-0.25, -0.2) is 4.79 Å². The summed E-state index contributed by atoms with van der Waals surface area (Å²) in [4.78, 5) is 22.4. The van der Waals surface area contributed by atoms with E-state index < -0.39 is 5.97 Å². The molecule has 0 saturated heterocycles. The van der Waals surface area contributed by atoms with E-state index >= 15 is 0 Å². The molecule has 1 aromatic rings. The fourth-order valence-electron chi connectivity index (χ4n) is 2.27.